The van der Waals surface area contributed by atoms with Crippen LogP contribution in [0.4, 0.5) is 0 Å². The molecule has 0 heterocycles. The summed E-state index contributed by atoms with van der Waals surface area (Å²) in [5.74, 6) is 4.17. The Morgan fingerprint density at radius 3 is 2.33 bits per heavy atom. The highest BCUT2D eigenvalue weighted by molar-refractivity contribution is 9.10. The predicted octanol–water partition coefficient (Wildman–Crippen LogP) is 2.77. The number of rotatable bonds is 5. The van der Waals surface area contributed by atoms with Crippen LogP contribution < -0.4 is 16.6 Å². The number of hydrogen-bond donors (Lipinski definition) is 3. The molecule has 122 valence electrons. The zero-order valence-electron chi connectivity index (χ0n) is 12.7. The Kier molecular flexibility index (Phi) is 6.48. The molecule has 2 aromatic carbocycles. The first-order chi connectivity index (χ1) is 11.6. The standard InChI is InChI=1S/C18H16BrN3O2/c19-15-11-5-4-10-14(15)17(23)21-16(18(24)22-20)12-6-9-13-7-2-1-3-8-13/h1-12H,20H2,(H,21,23)(H,22,24)/b9-6+,16-12+. The van der Waals surface area contributed by atoms with Crippen LogP contribution in [0.2, 0.25) is 0 Å². The fourth-order valence-corrected chi connectivity index (χ4v) is 2.37. The van der Waals surface area contributed by atoms with Crippen molar-refractivity contribution in [3.8, 4) is 0 Å². The highest BCUT2D eigenvalue weighted by atomic mass is 79.9. The molecule has 0 radical (unpaired) electrons. The first-order valence-electron chi connectivity index (χ1n) is 7.12. The summed E-state index contributed by atoms with van der Waals surface area (Å²) in [6, 6.07) is 16.5. The van der Waals surface area contributed by atoms with Gasteiger partial charge in [0.25, 0.3) is 11.8 Å². The van der Waals surface area contributed by atoms with Crippen LogP contribution in [0, 0.1) is 0 Å². The minimum absolute atomic E-state index is 0.0467. The van der Waals surface area contributed by atoms with Gasteiger partial charge in [-0.2, -0.15) is 0 Å². The second-order valence-electron chi connectivity index (χ2n) is 4.76. The number of hydrazine groups is 1. The van der Waals surface area contributed by atoms with E-state index in [9.17, 15) is 9.59 Å². The normalized spacial score (nSPS) is 11.3. The van der Waals surface area contributed by atoms with Crippen molar-refractivity contribution in [1.82, 2.24) is 10.7 Å². The third-order valence-electron chi connectivity index (χ3n) is 3.09. The van der Waals surface area contributed by atoms with Crippen LogP contribution in [0.1, 0.15) is 15.9 Å². The van der Waals surface area contributed by atoms with E-state index in [1.807, 2.05) is 41.8 Å². The summed E-state index contributed by atoms with van der Waals surface area (Å²) in [6.45, 7) is 0. The molecule has 2 amide bonds. The molecule has 0 saturated carbocycles. The third-order valence-corrected chi connectivity index (χ3v) is 3.79. The molecular formula is C18H16BrN3O2. The summed E-state index contributed by atoms with van der Waals surface area (Å²) >= 11 is 3.30. The van der Waals surface area contributed by atoms with Gasteiger partial charge in [0.15, 0.2) is 0 Å². The smallest absolute Gasteiger partial charge is 0.281 e. The lowest BCUT2D eigenvalue weighted by atomic mass is 10.2. The van der Waals surface area contributed by atoms with Gasteiger partial charge in [-0.15, -0.1) is 0 Å². The third kappa shape index (κ3) is 4.91. The number of halogens is 1. The van der Waals surface area contributed by atoms with Crippen LogP contribution in [0.3, 0.4) is 0 Å². The Balaban J connectivity index is 2.18. The van der Waals surface area contributed by atoms with Gasteiger partial charge >= 0.3 is 0 Å². The van der Waals surface area contributed by atoms with E-state index < -0.39 is 11.8 Å². The van der Waals surface area contributed by atoms with E-state index >= 15 is 0 Å². The lowest BCUT2D eigenvalue weighted by molar-refractivity contribution is -0.117. The lowest BCUT2D eigenvalue weighted by Gasteiger charge is -2.09. The van der Waals surface area contributed by atoms with Crippen LogP contribution >= 0.6 is 15.9 Å². The highest BCUT2D eigenvalue weighted by Crippen LogP contribution is 2.16. The van der Waals surface area contributed by atoms with Crippen molar-refractivity contribution >= 4 is 33.8 Å². The molecule has 5 nitrogen and oxygen atoms in total. The first-order valence-corrected chi connectivity index (χ1v) is 7.91. The van der Waals surface area contributed by atoms with Crippen molar-refractivity contribution in [2.24, 2.45) is 5.84 Å². The van der Waals surface area contributed by atoms with Crippen molar-refractivity contribution < 1.29 is 9.59 Å². The van der Waals surface area contributed by atoms with Crippen molar-refractivity contribution in [1.29, 1.82) is 0 Å². The number of benzene rings is 2. The molecule has 6 heteroatoms. The second-order valence-corrected chi connectivity index (χ2v) is 5.61. The first kappa shape index (κ1) is 17.7. The van der Waals surface area contributed by atoms with E-state index in [2.05, 4.69) is 21.2 Å². The van der Waals surface area contributed by atoms with Gasteiger partial charge in [0.1, 0.15) is 5.70 Å². The zero-order chi connectivity index (χ0) is 17.4. The van der Waals surface area contributed by atoms with Gasteiger partial charge in [-0.1, -0.05) is 54.6 Å². The largest absolute Gasteiger partial charge is 0.317 e. The number of carbonyl (C=O) groups is 2. The molecule has 0 aliphatic rings. The molecule has 0 unspecified atom stereocenters. The summed E-state index contributed by atoms with van der Waals surface area (Å²) in [4.78, 5) is 24.1. The summed E-state index contributed by atoms with van der Waals surface area (Å²) in [6.07, 6.45) is 4.97. The molecule has 0 spiro atoms. The summed E-state index contributed by atoms with van der Waals surface area (Å²) < 4.78 is 0.634. The number of carbonyl (C=O) groups excluding carboxylic acids is 2. The Morgan fingerprint density at radius 2 is 1.67 bits per heavy atom. The topological polar surface area (TPSA) is 84.2 Å². The molecule has 2 aromatic rings. The van der Waals surface area contributed by atoms with Gasteiger partial charge in [0.2, 0.25) is 0 Å². The van der Waals surface area contributed by atoms with Crippen molar-refractivity contribution in [2.75, 3.05) is 0 Å². The van der Waals surface area contributed by atoms with Gasteiger partial charge in [0.05, 0.1) is 5.56 Å². The summed E-state index contributed by atoms with van der Waals surface area (Å²) in [5.41, 5.74) is 3.45. The van der Waals surface area contributed by atoms with Crippen LogP contribution in [0.15, 0.2) is 76.9 Å². The molecule has 0 aliphatic carbocycles. The fraction of sp³-hybridized carbons (Fsp3) is 0. The molecule has 0 fully saturated rings. The molecule has 0 bridgehead atoms. The van der Waals surface area contributed by atoms with Gasteiger partial charge in [-0.3, -0.25) is 15.0 Å². The Bertz CT molecular complexity index is 786. The van der Waals surface area contributed by atoms with Crippen LogP contribution in [-0.4, -0.2) is 11.8 Å². The molecular weight excluding hydrogens is 370 g/mol. The van der Waals surface area contributed by atoms with Gasteiger partial charge in [-0.25, -0.2) is 5.84 Å². The number of nitrogens with one attached hydrogen (secondary N) is 2. The van der Waals surface area contributed by atoms with E-state index in [1.54, 1.807) is 30.3 Å². The van der Waals surface area contributed by atoms with Crippen LogP contribution in [0.5, 0.6) is 0 Å². The molecule has 24 heavy (non-hydrogen) atoms. The van der Waals surface area contributed by atoms with Crippen LogP contribution in [-0.2, 0) is 4.79 Å². The van der Waals surface area contributed by atoms with E-state index in [4.69, 9.17) is 5.84 Å². The van der Waals surface area contributed by atoms with E-state index in [0.29, 0.717) is 10.0 Å². The monoisotopic (exact) mass is 385 g/mol. The Morgan fingerprint density at radius 1 is 1.00 bits per heavy atom. The van der Waals surface area contributed by atoms with Crippen molar-refractivity contribution in [3.63, 3.8) is 0 Å². The van der Waals surface area contributed by atoms with Crippen LogP contribution in [0.25, 0.3) is 6.08 Å². The van der Waals surface area contributed by atoms with Crippen molar-refractivity contribution in [2.45, 2.75) is 0 Å². The molecule has 0 aliphatic heterocycles. The minimum atomic E-state index is -0.590. The fourth-order valence-electron chi connectivity index (χ4n) is 1.91. The van der Waals surface area contributed by atoms with E-state index in [1.165, 1.54) is 6.08 Å². The van der Waals surface area contributed by atoms with E-state index in [-0.39, 0.29) is 5.70 Å². The molecule has 4 N–H and O–H groups in total. The average molecular weight is 386 g/mol. The predicted molar refractivity (Wildman–Crippen MR) is 97.5 cm³/mol. The molecule has 0 aromatic heterocycles. The maximum Gasteiger partial charge on any atom is 0.281 e. The van der Waals surface area contributed by atoms with Gasteiger partial charge < -0.3 is 5.32 Å². The summed E-state index contributed by atoms with van der Waals surface area (Å²) in [5, 5.41) is 2.56. The number of nitrogens with two attached hydrogens (primary N) is 1. The number of amides is 2. The second kappa shape index (κ2) is 8.81. The van der Waals surface area contributed by atoms with Crippen molar-refractivity contribution in [3.05, 3.63) is 88.0 Å². The van der Waals surface area contributed by atoms with E-state index in [0.717, 1.165) is 5.56 Å². The highest BCUT2D eigenvalue weighted by Gasteiger charge is 2.14. The van der Waals surface area contributed by atoms with Gasteiger partial charge in [0, 0.05) is 4.47 Å². The summed E-state index contributed by atoms with van der Waals surface area (Å²) in [7, 11) is 0. The molecule has 0 saturated heterocycles. The number of allylic oxidation sites excluding steroid dienone is 2. The Labute approximate surface area is 148 Å². The minimum Gasteiger partial charge on any atom is -0.317 e. The quantitative estimate of drug-likeness (QED) is 0.243. The maximum absolute atomic E-state index is 12.3. The number of hydrogen-bond acceptors (Lipinski definition) is 3. The lowest BCUT2D eigenvalue weighted by Crippen LogP contribution is -2.38. The van der Waals surface area contributed by atoms with Gasteiger partial charge in [-0.05, 0) is 39.7 Å². The average Bonchev–Trinajstić information content (AvgIpc) is 2.61. The maximum atomic E-state index is 12.3. The SMILES string of the molecule is NNC(=O)/C(=C\C=C\c1ccccc1)NC(=O)c1ccccc1Br. The zero-order valence-corrected chi connectivity index (χ0v) is 14.3. The molecule has 0 atom stereocenters. The Hall–Kier alpha value is -2.70. The molecule has 2 rings (SSSR count).